The summed E-state index contributed by atoms with van der Waals surface area (Å²) in [6.45, 7) is 0.556. The third-order valence-electron chi connectivity index (χ3n) is 2.42. The van der Waals surface area contributed by atoms with Crippen molar-refractivity contribution in [3.8, 4) is 0 Å². The smallest absolute Gasteiger partial charge is 0.341 e. The van der Waals surface area contributed by atoms with E-state index >= 15 is 0 Å². The van der Waals surface area contributed by atoms with E-state index in [0.29, 0.717) is 13.1 Å². The second kappa shape index (κ2) is 6.29. The van der Waals surface area contributed by atoms with Gasteiger partial charge in [0.05, 0.1) is 0 Å². The summed E-state index contributed by atoms with van der Waals surface area (Å²) in [7, 11) is 0. The van der Waals surface area contributed by atoms with Crippen LogP contribution in [0.2, 0.25) is 0 Å². The summed E-state index contributed by atoms with van der Waals surface area (Å²) in [4.78, 5) is 27.6. The summed E-state index contributed by atoms with van der Waals surface area (Å²) in [5.74, 6) is -1.05. The van der Waals surface area contributed by atoms with Crippen LogP contribution in [-0.4, -0.2) is 53.4 Å². The van der Waals surface area contributed by atoms with Gasteiger partial charge in [-0.05, 0) is 18.8 Å². The zero-order valence-corrected chi connectivity index (χ0v) is 8.89. The van der Waals surface area contributed by atoms with Gasteiger partial charge in [-0.2, -0.15) is 0 Å². The molecule has 92 valence electrons. The summed E-state index contributed by atoms with van der Waals surface area (Å²) in [5.41, 5.74) is 2.05. The van der Waals surface area contributed by atoms with Crippen molar-refractivity contribution in [1.82, 2.24) is 10.4 Å². The van der Waals surface area contributed by atoms with Crippen LogP contribution >= 0.6 is 0 Å². The molecule has 7 nitrogen and oxygen atoms in total. The number of nitrogens with one attached hydrogen (secondary N) is 1. The van der Waals surface area contributed by atoms with Crippen LogP contribution in [-0.2, 0) is 9.63 Å². The molecule has 1 unspecified atom stereocenters. The largest absolute Gasteiger partial charge is 0.479 e. The highest BCUT2D eigenvalue weighted by molar-refractivity contribution is 5.73. The molecule has 1 heterocycles. The van der Waals surface area contributed by atoms with Gasteiger partial charge in [-0.3, -0.25) is 4.84 Å². The summed E-state index contributed by atoms with van der Waals surface area (Å²) in [5, 5.41) is 17.3. The topological polar surface area (TPSA) is 99.1 Å². The fraction of sp³-hybridized carbons (Fsp3) is 0.778. The Labute approximate surface area is 92.9 Å². The third kappa shape index (κ3) is 4.03. The maximum atomic E-state index is 11.5. The average molecular weight is 232 g/mol. The molecule has 0 aliphatic carbocycles. The lowest BCUT2D eigenvalue weighted by Crippen LogP contribution is -2.46. The predicted molar refractivity (Wildman–Crippen MR) is 53.5 cm³/mol. The van der Waals surface area contributed by atoms with Crippen molar-refractivity contribution in [2.24, 2.45) is 5.92 Å². The lowest BCUT2D eigenvalue weighted by atomic mass is 9.99. The van der Waals surface area contributed by atoms with Gasteiger partial charge in [0.1, 0.15) is 0 Å². The minimum Gasteiger partial charge on any atom is -0.479 e. The van der Waals surface area contributed by atoms with Crippen molar-refractivity contribution >= 4 is 12.0 Å². The maximum Gasteiger partial charge on any atom is 0.341 e. The standard InChI is InChI=1S/C9H16N2O5/c12-5-7-2-1-3-11(4-7)9(15)10-16-6-8(13)14/h7,12H,1-6H2,(H,10,15)(H,13,14). The Bertz CT molecular complexity index is 258. The van der Waals surface area contributed by atoms with Crippen LogP contribution in [0, 0.1) is 5.92 Å². The number of urea groups is 1. The van der Waals surface area contributed by atoms with Crippen molar-refractivity contribution in [2.45, 2.75) is 12.8 Å². The molecule has 16 heavy (non-hydrogen) atoms. The van der Waals surface area contributed by atoms with E-state index in [0.717, 1.165) is 12.8 Å². The molecule has 0 saturated carbocycles. The fourth-order valence-corrected chi connectivity index (χ4v) is 1.62. The summed E-state index contributed by atoms with van der Waals surface area (Å²) < 4.78 is 0. The molecule has 1 aliphatic rings. The SMILES string of the molecule is O=C(O)CONC(=O)N1CCCC(CO)C1. The number of carboxylic acid groups (broad SMARTS) is 1. The number of amides is 2. The molecular weight excluding hydrogens is 216 g/mol. The maximum absolute atomic E-state index is 11.5. The summed E-state index contributed by atoms with van der Waals surface area (Å²) in [6, 6.07) is -0.459. The normalized spacial score (nSPS) is 20.6. The van der Waals surface area contributed by atoms with E-state index in [2.05, 4.69) is 10.3 Å². The number of carboxylic acids is 1. The van der Waals surface area contributed by atoms with Crippen molar-refractivity contribution in [2.75, 3.05) is 26.3 Å². The number of nitrogens with zero attached hydrogens (tertiary/aromatic N) is 1. The first kappa shape index (κ1) is 12.7. The van der Waals surface area contributed by atoms with E-state index in [1.165, 1.54) is 4.90 Å². The van der Waals surface area contributed by atoms with Gasteiger partial charge in [-0.25, -0.2) is 15.1 Å². The van der Waals surface area contributed by atoms with E-state index in [1.807, 2.05) is 0 Å². The molecule has 7 heteroatoms. The van der Waals surface area contributed by atoms with Crippen LogP contribution in [0.4, 0.5) is 4.79 Å². The molecule has 0 aromatic carbocycles. The lowest BCUT2D eigenvalue weighted by molar-refractivity contribution is -0.144. The van der Waals surface area contributed by atoms with Gasteiger partial charge >= 0.3 is 12.0 Å². The Morgan fingerprint density at radius 2 is 2.25 bits per heavy atom. The first-order valence-electron chi connectivity index (χ1n) is 5.13. The van der Waals surface area contributed by atoms with Crippen molar-refractivity contribution in [3.05, 3.63) is 0 Å². The molecule has 2 amide bonds. The van der Waals surface area contributed by atoms with Gasteiger partial charge in [-0.15, -0.1) is 0 Å². The zero-order chi connectivity index (χ0) is 12.0. The Balaban J connectivity index is 2.27. The number of hydrogen-bond acceptors (Lipinski definition) is 4. The second-order valence-corrected chi connectivity index (χ2v) is 3.73. The van der Waals surface area contributed by atoms with E-state index in [4.69, 9.17) is 10.2 Å². The summed E-state index contributed by atoms with van der Waals surface area (Å²) in [6.07, 6.45) is 1.73. The molecule has 0 radical (unpaired) electrons. The Hall–Kier alpha value is -1.34. The van der Waals surface area contributed by atoms with Crippen LogP contribution in [0.1, 0.15) is 12.8 Å². The Kier molecular flexibility index (Phi) is 5.00. The number of carbonyl (C=O) groups excluding carboxylic acids is 1. The predicted octanol–water partition coefficient (Wildman–Crippen LogP) is -0.584. The molecule has 0 spiro atoms. The summed E-state index contributed by atoms with van der Waals surface area (Å²) >= 11 is 0. The van der Waals surface area contributed by atoms with Crippen molar-refractivity contribution in [1.29, 1.82) is 0 Å². The van der Waals surface area contributed by atoms with Gasteiger partial charge in [0.2, 0.25) is 0 Å². The lowest BCUT2D eigenvalue weighted by Gasteiger charge is -2.31. The monoisotopic (exact) mass is 232 g/mol. The van der Waals surface area contributed by atoms with Crippen molar-refractivity contribution in [3.63, 3.8) is 0 Å². The minimum atomic E-state index is -1.15. The highest BCUT2D eigenvalue weighted by Crippen LogP contribution is 2.15. The number of hydrogen-bond donors (Lipinski definition) is 3. The Morgan fingerprint density at radius 3 is 2.88 bits per heavy atom. The van der Waals surface area contributed by atoms with E-state index < -0.39 is 18.6 Å². The van der Waals surface area contributed by atoms with Gasteiger partial charge in [-0.1, -0.05) is 0 Å². The third-order valence-corrected chi connectivity index (χ3v) is 2.42. The molecule has 3 N–H and O–H groups in total. The van der Waals surface area contributed by atoms with Crippen molar-refractivity contribution < 1.29 is 24.6 Å². The van der Waals surface area contributed by atoms with Gasteiger partial charge in [0, 0.05) is 19.7 Å². The van der Waals surface area contributed by atoms with Crippen LogP contribution in [0.3, 0.4) is 0 Å². The van der Waals surface area contributed by atoms with Crippen LogP contribution < -0.4 is 5.48 Å². The fourth-order valence-electron chi connectivity index (χ4n) is 1.62. The molecule has 1 rings (SSSR count). The van der Waals surface area contributed by atoms with Crippen LogP contribution in [0.15, 0.2) is 0 Å². The molecular formula is C9H16N2O5. The Morgan fingerprint density at radius 1 is 1.50 bits per heavy atom. The van der Waals surface area contributed by atoms with Gasteiger partial charge in [0.25, 0.3) is 0 Å². The van der Waals surface area contributed by atoms with E-state index in [-0.39, 0.29) is 12.5 Å². The highest BCUT2D eigenvalue weighted by Gasteiger charge is 2.23. The first-order chi connectivity index (χ1) is 7.63. The number of likely N-dealkylation sites (tertiary alicyclic amines) is 1. The number of aliphatic hydroxyl groups is 1. The average Bonchev–Trinajstić information content (AvgIpc) is 2.28. The number of carbonyl (C=O) groups is 2. The molecule has 0 bridgehead atoms. The van der Waals surface area contributed by atoms with Gasteiger partial charge < -0.3 is 15.1 Å². The van der Waals surface area contributed by atoms with Gasteiger partial charge in [0.15, 0.2) is 6.61 Å². The minimum absolute atomic E-state index is 0.0553. The van der Waals surface area contributed by atoms with E-state index in [9.17, 15) is 9.59 Å². The molecule has 1 fully saturated rings. The number of hydroxylamine groups is 1. The molecule has 1 aliphatic heterocycles. The first-order valence-corrected chi connectivity index (χ1v) is 5.13. The second-order valence-electron chi connectivity index (χ2n) is 3.73. The molecule has 1 saturated heterocycles. The van der Waals surface area contributed by atoms with Crippen LogP contribution in [0.5, 0.6) is 0 Å². The number of aliphatic carboxylic acids is 1. The number of aliphatic hydroxyl groups excluding tert-OH is 1. The quantitative estimate of drug-likeness (QED) is 0.563. The van der Waals surface area contributed by atoms with E-state index in [1.54, 1.807) is 0 Å². The molecule has 0 aromatic heterocycles. The zero-order valence-electron chi connectivity index (χ0n) is 8.89. The molecule has 0 aromatic rings. The number of rotatable bonds is 4. The highest BCUT2D eigenvalue weighted by atomic mass is 16.7. The molecule has 1 atom stereocenters. The van der Waals surface area contributed by atoms with Crippen LogP contribution in [0.25, 0.3) is 0 Å². The number of piperidine rings is 1.